The number of benzene rings is 2. The first-order valence-electron chi connectivity index (χ1n) is 10.0. The number of rotatable bonds is 2. The van der Waals surface area contributed by atoms with Gasteiger partial charge in [-0.25, -0.2) is 0 Å². The minimum atomic E-state index is -1.33. The van der Waals surface area contributed by atoms with Crippen LogP contribution < -0.4 is 5.32 Å². The Kier molecular flexibility index (Phi) is 4.14. The van der Waals surface area contributed by atoms with Crippen LogP contribution in [0.15, 0.2) is 47.4 Å². The normalized spacial score (nSPS) is 29.4. The Labute approximate surface area is 179 Å². The van der Waals surface area contributed by atoms with E-state index in [4.69, 9.17) is 4.74 Å². The second kappa shape index (κ2) is 6.43. The van der Waals surface area contributed by atoms with Crippen LogP contribution in [-0.4, -0.2) is 47.5 Å². The molecule has 0 bridgehead atoms. The highest BCUT2D eigenvalue weighted by atomic mass is 32.2. The van der Waals surface area contributed by atoms with Gasteiger partial charge in [-0.2, -0.15) is 0 Å². The number of nitrogens with zero attached hydrogens (tertiary/aromatic N) is 1. The first kappa shape index (κ1) is 19.3. The Hall–Kier alpha value is -2.64. The number of Topliss-reactive ketones (excluding diaryl/α,β-unsaturated/α-hetero) is 1. The average molecular weight is 423 g/mol. The summed E-state index contributed by atoms with van der Waals surface area (Å²) in [5, 5.41) is 2.96. The van der Waals surface area contributed by atoms with Crippen LogP contribution in [0.5, 0.6) is 0 Å². The summed E-state index contributed by atoms with van der Waals surface area (Å²) in [7, 11) is 1.81. The lowest BCUT2D eigenvalue weighted by Gasteiger charge is -2.41. The lowest BCUT2D eigenvalue weighted by atomic mass is 9.71. The number of para-hydroxylation sites is 1. The molecular formula is C23H22N2O4S. The smallest absolute Gasteiger partial charge is 0.312 e. The van der Waals surface area contributed by atoms with E-state index in [-0.39, 0.29) is 24.8 Å². The van der Waals surface area contributed by atoms with E-state index in [1.165, 1.54) is 11.8 Å². The van der Waals surface area contributed by atoms with Gasteiger partial charge in [-0.1, -0.05) is 29.8 Å². The van der Waals surface area contributed by atoms with Crippen LogP contribution in [0.25, 0.3) is 0 Å². The molecule has 3 aliphatic heterocycles. The van der Waals surface area contributed by atoms with Crippen molar-refractivity contribution >= 4 is 35.1 Å². The van der Waals surface area contributed by atoms with Gasteiger partial charge >= 0.3 is 5.97 Å². The molecule has 1 amide bonds. The van der Waals surface area contributed by atoms with Crippen molar-refractivity contribution in [2.45, 2.75) is 29.0 Å². The van der Waals surface area contributed by atoms with Gasteiger partial charge in [-0.3, -0.25) is 19.3 Å². The van der Waals surface area contributed by atoms with Crippen LogP contribution in [0, 0.1) is 12.8 Å². The van der Waals surface area contributed by atoms with Crippen LogP contribution in [0.4, 0.5) is 5.69 Å². The third kappa shape index (κ3) is 2.11. The number of hydrogen-bond acceptors (Lipinski definition) is 6. The maximum Gasteiger partial charge on any atom is 0.312 e. The molecule has 6 nitrogen and oxygen atoms in total. The van der Waals surface area contributed by atoms with E-state index in [9.17, 15) is 14.4 Å². The zero-order valence-electron chi connectivity index (χ0n) is 17.0. The number of aryl methyl sites for hydroxylation is 1. The largest absolute Gasteiger partial charge is 0.466 e. The molecule has 0 unspecified atom stereocenters. The fourth-order valence-electron chi connectivity index (χ4n) is 5.35. The van der Waals surface area contributed by atoms with Crippen molar-refractivity contribution in [2.24, 2.45) is 5.92 Å². The molecule has 2 aromatic carbocycles. The summed E-state index contributed by atoms with van der Waals surface area (Å²) in [4.78, 5) is 43.6. The molecule has 0 saturated carbocycles. The van der Waals surface area contributed by atoms with E-state index in [1.807, 2.05) is 61.3 Å². The van der Waals surface area contributed by atoms with Gasteiger partial charge in [0.05, 0.1) is 12.5 Å². The molecule has 1 N–H and O–H groups in total. The molecular weight excluding hydrogens is 400 g/mol. The van der Waals surface area contributed by atoms with E-state index in [0.29, 0.717) is 11.3 Å². The molecule has 2 spiro atoms. The van der Waals surface area contributed by atoms with E-state index in [1.54, 1.807) is 6.92 Å². The van der Waals surface area contributed by atoms with Gasteiger partial charge in [-0.05, 0) is 39.1 Å². The Morgan fingerprint density at radius 2 is 2.03 bits per heavy atom. The molecule has 3 heterocycles. The molecule has 0 aromatic heterocycles. The van der Waals surface area contributed by atoms with Gasteiger partial charge in [0.2, 0.25) is 0 Å². The van der Waals surface area contributed by atoms with Gasteiger partial charge in [0.25, 0.3) is 5.91 Å². The summed E-state index contributed by atoms with van der Waals surface area (Å²) in [6, 6.07) is 13.1. The van der Waals surface area contributed by atoms with E-state index >= 15 is 0 Å². The third-order valence-corrected chi connectivity index (χ3v) is 8.17. The number of nitrogens with one attached hydrogen (secondary N) is 1. The zero-order valence-corrected chi connectivity index (χ0v) is 17.8. The van der Waals surface area contributed by atoms with Crippen molar-refractivity contribution in [1.82, 2.24) is 4.90 Å². The van der Waals surface area contributed by atoms with E-state index < -0.39 is 22.2 Å². The average Bonchev–Trinajstić information content (AvgIpc) is 3.28. The number of thioether (sulfide) groups is 1. The summed E-state index contributed by atoms with van der Waals surface area (Å²) < 4.78 is 4.06. The number of fused-ring (bicyclic) bond motifs is 4. The van der Waals surface area contributed by atoms with Gasteiger partial charge in [0.1, 0.15) is 4.75 Å². The predicted molar refractivity (Wildman–Crippen MR) is 114 cm³/mol. The monoisotopic (exact) mass is 422 g/mol. The van der Waals surface area contributed by atoms with Gasteiger partial charge in [0.15, 0.2) is 11.3 Å². The molecule has 7 heteroatoms. The number of carbonyl (C=O) groups is 3. The Morgan fingerprint density at radius 3 is 2.80 bits per heavy atom. The van der Waals surface area contributed by atoms with Crippen molar-refractivity contribution in [2.75, 3.05) is 25.5 Å². The Balaban J connectivity index is 1.81. The maximum atomic E-state index is 14.1. The Morgan fingerprint density at radius 1 is 1.27 bits per heavy atom. The summed E-state index contributed by atoms with van der Waals surface area (Å²) in [5.41, 5.74) is 1.65. The summed E-state index contributed by atoms with van der Waals surface area (Å²) in [5.74, 6) is -1.67. The highest BCUT2D eigenvalue weighted by Crippen LogP contribution is 2.65. The van der Waals surface area contributed by atoms with Crippen molar-refractivity contribution in [1.29, 1.82) is 0 Å². The zero-order chi connectivity index (χ0) is 21.3. The molecule has 3 atom stereocenters. The van der Waals surface area contributed by atoms with Crippen LogP contribution in [0.1, 0.15) is 28.4 Å². The first-order chi connectivity index (χ1) is 14.4. The Bertz CT molecular complexity index is 1120. The number of likely N-dealkylation sites (tertiary alicyclic amines) is 1. The quantitative estimate of drug-likeness (QED) is 0.750. The van der Waals surface area contributed by atoms with Gasteiger partial charge in [-0.15, -0.1) is 11.8 Å². The molecule has 5 rings (SSSR count). The number of esters is 1. The number of ketones is 1. The number of hydrogen-bond donors (Lipinski definition) is 1. The van der Waals surface area contributed by atoms with Crippen molar-refractivity contribution in [3.05, 3.63) is 59.2 Å². The van der Waals surface area contributed by atoms with Crippen molar-refractivity contribution in [3.8, 4) is 0 Å². The number of amides is 1. The molecule has 2 aromatic rings. The van der Waals surface area contributed by atoms with Crippen molar-refractivity contribution in [3.63, 3.8) is 0 Å². The number of carbonyl (C=O) groups excluding carboxylic acids is 3. The standard InChI is InChI=1S/C23H22N2O4S/c1-4-29-20(27)16-12-25(3)22(15-7-5-6-8-17(15)24-21(22)28)23(16)19(26)14-11-13(2)9-10-18(14)30-23/h5-11,16H,4,12H2,1-3H3,(H,24,28)/t16-,22-,23-/m1/s1. The first-order valence-corrected chi connectivity index (χ1v) is 10.8. The second-order valence-electron chi connectivity index (χ2n) is 8.06. The molecule has 1 saturated heterocycles. The highest BCUT2D eigenvalue weighted by Gasteiger charge is 2.77. The molecule has 0 radical (unpaired) electrons. The third-order valence-electron chi connectivity index (χ3n) is 6.51. The van der Waals surface area contributed by atoms with E-state index in [0.717, 1.165) is 16.0 Å². The lowest BCUT2D eigenvalue weighted by Crippen LogP contribution is -2.61. The van der Waals surface area contributed by atoms with Crippen LogP contribution in [0.3, 0.4) is 0 Å². The summed E-state index contributed by atoms with van der Waals surface area (Å²) in [6.45, 7) is 4.15. The molecule has 3 aliphatic rings. The summed E-state index contributed by atoms with van der Waals surface area (Å²) >= 11 is 1.34. The van der Waals surface area contributed by atoms with Gasteiger partial charge < -0.3 is 10.1 Å². The van der Waals surface area contributed by atoms with Gasteiger partial charge in [0, 0.05) is 28.3 Å². The topological polar surface area (TPSA) is 75.7 Å². The predicted octanol–water partition coefficient (Wildman–Crippen LogP) is 2.99. The lowest BCUT2D eigenvalue weighted by molar-refractivity contribution is -0.148. The SMILES string of the molecule is CCOC(=O)[C@H]1CN(C)[C@]2(C(=O)Nc3ccccc32)[C@@]12Sc1ccc(C)cc1C2=O. The molecule has 0 aliphatic carbocycles. The van der Waals surface area contributed by atoms with Crippen LogP contribution in [-0.2, 0) is 19.9 Å². The summed E-state index contributed by atoms with van der Waals surface area (Å²) in [6.07, 6.45) is 0. The highest BCUT2D eigenvalue weighted by molar-refractivity contribution is 8.02. The fraction of sp³-hybridized carbons (Fsp3) is 0.348. The molecule has 30 heavy (non-hydrogen) atoms. The van der Waals surface area contributed by atoms with E-state index in [2.05, 4.69) is 5.32 Å². The molecule has 1 fully saturated rings. The van der Waals surface area contributed by atoms with Crippen LogP contribution in [0.2, 0.25) is 0 Å². The fourth-order valence-corrected chi connectivity index (χ4v) is 7.11. The minimum absolute atomic E-state index is 0.180. The number of likely N-dealkylation sites (N-methyl/N-ethyl adjacent to an activating group) is 1. The second-order valence-corrected chi connectivity index (χ2v) is 9.35. The number of anilines is 1. The van der Waals surface area contributed by atoms with Crippen LogP contribution >= 0.6 is 11.8 Å². The maximum absolute atomic E-state index is 14.1. The minimum Gasteiger partial charge on any atom is -0.466 e. The van der Waals surface area contributed by atoms with Crippen molar-refractivity contribution < 1.29 is 19.1 Å². The number of ether oxygens (including phenoxy) is 1. The molecule has 154 valence electrons.